The fourth-order valence-corrected chi connectivity index (χ4v) is 1.65. The van der Waals surface area contributed by atoms with Crippen molar-refractivity contribution in [3.05, 3.63) is 18.1 Å². The van der Waals surface area contributed by atoms with Crippen LogP contribution in [-0.4, -0.2) is 41.0 Å². The van der Waals surface area contributed by atoms with Crippen molar-refractivity contribution in [1.82, 2.24) is 14.9 Å². The molecule has 0 aromatic carbocycles. The average molecular weight is 250 g/mol. The van der Waals surface area contributed by atoms with E-state index >= 15 is 0 Å². The molecule has 0 aliphatic rings. The van der Waals surface area contributed by atoms with Crippen LogP contribution in [0.5, 0.6) is 0 Å². The average Bonchev–Trinajstić information content (AvgIpc) is 2.38. The predicted molar refractivity (Wildman–Crippen MR) is 76.9 cm³/mol. The molecule has 0 saturated carbocycles. The number of unbranched alkanes of at least 4 members (excludes halogenated alkanes) is 1. The maximum absolute atomic E-state index is 4.22. The minimum atomic E-state index is 0.631. The molecule has 18 heavy (non-hydrogen) atoms. The van der Waals surface area contributed by atoms with Gasteiger partial charge in [-0.25, -0.2) is 9.97 Å². The molecule has 0 spiro atoms. The first-order valence-electron chi connectivity index (χ1n) is 6.88. The molecule has 0 saturated heterocycles. The van der Waals surface area contributed by atoms with Crippen molar-refractivity contribution in [2.45, 2.75) is 46.1 Å². The molecule has 0 fully saturated rings. The summed E-state index contributed by atoms with van der Waals surface area (Å²) in [5, 5.41) is 3.35. The number of nitrogens with one attached hydrogen (secondary N) is 1. The highest BCUT2D eigenvalue weighted by atomic mass is 15.1. The van der Waals surface area contributed by atoms with Gasteiger partial charge in [0.2, 0.25) is 0 Å². The summed E-state index contributed by atoms with van der Waals surface area (Å²) >= 11 is 0. The lowest BCUT2D eigenvalue weighted by molar-refractivity contribution is 0.269. The van der Waals surface area contributed by atoms with Crippen LogP contribution in [0.4, 0.5) is 5.82 Å². The molecule has 1 heterocycles. The SMILES string of the molecule is CCc1cc(NCCCCN(C)C(C)C)ncn1. The predicted octanol–water partition coefficient (Wildman–Crippen LogP) is 2.57. The molecule has 1 aromatic rings. The van der Waals surface area contributed by atoms with Crippen molar-refractivity contribution in [2.75, 3.05) is 25.5 Å². The van der Waals surface area contributed by atoms with Gasteiger partial charge in [0, 0.05) is 24.3 Å². The second-order valence-electron chi connectivity index (χ2n) is 4.96. The van der Waals surface area contributed by atoms with E-state index in [0.717, 1.165) is 31.0 Å². The number of rotatable bonds is 8. The lowest BCUT2D eigenvalue weighted by atomic mass is 10.2. The number of hydrogen-bond acceptors (Lipinski definition) is 4. The van der Waals surface area contributed by atoms with Crippen LogP contribution in [0.15, 0.2) is 12.4 Å². The molecule has 0 amide bonds. The first kappa shape index (κ1) is 14.9. The number of aromatic nitrogens is 2. The van der Waals surface area contributed by atoms with Crippen LogP contribution in [0.2, 0.25) is 0 Å². The first-order chi connectivity index (χ1) is 8.63. The van der Waals surface area contributed by atoms with Gasteiger partial charge in [-0.15, -0.1) is 0 Å². The smallest absolute Gasteiger partial charge is 0.129 e. The van der Waals surface area contributed by atoms with E-state index in [4.69, 9.17) is 0 Å². The maximum Gasteiger partial charge on any atom is 0.129 e. The minimum absolute atomic E-state index is 0.631. The second kappa shape index (κ2) is 8.03. The normalized spacial score (nSPS) is 11.2. The van der Waals surface area contributed by atoms with E-state index in [2.05, 4.69) is 48.0 Å². The highest BCUT2D eigenvalue weighted by Crippen LogP contribution is 2.05. The quantitative estimate of drug-likeness (QED) is 0.720. The van der Waals surface area contributed by atoms with Crippen LogP contribution in [0.1, 0.15) is 39.3 Å². The third kappa shape index (κ3) is 5.45. The fraction of sp³-hybridized carbons (Fsp3) is 0.714. The molecular formula is C14H26N4. The Morgan fingerprint density at radius 2 is 2.06 bits per heavy atom. The molecule has 0 radical (unpaired) electrons. The Morgan fingerprint density at radius 3 is 2.72 bits per heavy atom. The summed E-state index contributed by atoms with van der Waals surface area (Å²) in [4.78, 5) is 10.8. The third-order valence-corrected chi connectivity index (χ3v) is 3.21. The van der Waals surface area contributed by atoms with Gasteiger partial charge in [-0.3, -0.25) is 0 Å². The van der Waals surface area contributed by atoms with E-state index in [-0.39, 0.29) is 0 Å². The summed E-state index contributed by atoms with van der Waals surface area (Å²) in [7, 11) is 2.18. The molecule has 0 aliphatic heterocycles. The van der Waals surface area contributed by atoms with Gasteiger partial charge < -0.3 is 10.2 Å². The Bertz CT molecular complexity index is 338. The highest BCUT2D eigenvalue weighted by Gasteiger charge is 2.02. The van der Waals surface area contributed by atoms with E-state index in [9.17, 15) is 0 Å². The Labute approximate surface area is 111 Å². The molecule has 0 bridgehead atoms. The zero-order chi connectivity index (χ0) is 13.4. The molecule has 102 valence electrons. The van der Waals surface area contributed by atoms with Crippen molar-refractivity contribution in [1.29, 1.82) is 0 Å². The zero-order valence-electron chi connectivity index (χ0n) is 12.1. The largest absolute Gasteiger partial charge is 0.370 e. The summed E-state index contributed by atoms with van der Waals surface area (Å²) in [6, 6.07) is 2.66. The van der Waals surface area contributed by atoms with Gasteiger partial charge in [0.1, 0.15) is 12.1 Å². The lowest BCUT2D eigenvalue weighted by Crippen LogP contribution is -2.27. The van der Waals surface area contributed by atoms with Crippen molar-refractivity contribution < 1.29 is 0 Å². The topological polar surface area (TPSA) is 41.0 Å². The molecule has 0 aliphatic carbocycles. The Balaban J connectivity index is 2.17. The van der Waals surface area contributed by atoms with Crippen molar-refractivity contribution in [2.24, 2.45) is 0 Å². The van der Waals surface area contributed by atoms with Gasteiger partial charge in [0.15, 0.2) is 0 Å². The van der Waals surface area contributed by atoms with E-state index < -0.39 is 0 Å². The molecule has 4 heteroatoms. The summed E-state index contributed by atoms with van der Waals surface area (Å²) in [5.41, 5.74) is 1.09. The number of aryl methyl sites for hydroxylation is 1. The van der Waals surface area contributed by atoms with Gasteiger partial charge in [0.25, 0.3) is 0 Å². The summed E-state index contributed by atoms with van der Waals surface area (Å²) in [5.74, 6) is 0.944. The van der Waals surface area contributed by atoms with Crippen LogP contribution < -0.4 is 5.32 Å². The Hall–Kier alpha value is -1.16. The molecule has 1 N–H and O–H groups in total. The van der Waals surface area contributed by atoms with Gasteiger partial charge in [-0.2, -0.15) is 0 Å². The van der Waals surface area contributed by atoms with E-state index in [1.807, 2.05) is 6.07 Å². The minimum Gasteiger partial charge on any atom is -0.370 e. The van der Waals surface area contributed by atoms with Gasteiger partial charge in [-0.1, -0.05) is 6.92 Å². The van der Waals surface area contributed by atoms with Crippen LogP contribution >= 0.6 is 0 Å². The molecular weight excluding hydrogens is 224 g/mol. The monoisotopic (exact) mass is 250 g/mol. The summed E-state index contributed by atoms with van der Waals surface area (Å²) in [6.07, 6.45) is 4.97. The second-order valence-corrected chi connectivity index (χ2v) is 4.96. The Kier molecular flexibility index (Phi) is 6.65. The summed E-state index contributed by atoms with van der Waals surface area (Å²) < 4.78 is 0. The summed E-state index contributed by atoms with van der Waals surface area (Å²) in [6.45, 7) is 8.69. The van der Waals surface area contributed by atoms with Crippen LogP contribution in [-0.2, 0) is 6.42 Å². The van der Waals surface area contributed by atoms with Crippen LogP contribution in [0.3, 0.4) is 0 Å². The number of anilines is 1. The molecule has 0 atom stereocenters. The van der Waals surface area contributed by atoms with Crippen molar-refractivity contribution >= 4 is 5.82 Å². The van der Waals surface area contributed by atoms with E-state index in [1.54, 1.807) is 6.33 Å². The molecule has 4 nitrogen and oxygen atoms in total. The maximum atomic E-state index is 4.22. The standard InChI is InChI=1S/C14H26N4/c1-5-13-10-14(17-11-16-13)15-8-6-7-9-18(4)12(2)3/h10-12H,5-9H2,1-4H3,(H,15,16,17). The lowest BCUT2D eigenvalue weighted by Gasteiger charge is -2.20. The van der Waals surface area contributed by atoms with Crippen LogP contribution in [0, 0.1) is 0 Å². The van der Waals surface area contributed by atoms with Crippen molar-refractivity contribution in [3.8, 4) is 0 Å². The zero-order valence-corrected chi connectivity index (χ0v) is 12.1. The number of nitrogens with zero attached hydrogens (tertiary/aromatic N) is 3. The molecule has 1 aromatic heterocycles. The van der Waals surface area contributed by atoms with E-state index in [1.165, 1.54) is 12.8 Å². The highest BCUT2D eigenvalue weighted by molar-refractivity contribution is 5.34. The molecule has 0 unspecified atom stereocenters. The Morgan fingerprint density at radius 1 is 1.28 bits per heavy atom. The van der Waals surface area contributed by atoms with Gasteiger partial charge >= 0.3 is 0 Å². The fourth-order valence-electron chi connectivity index (χ4n) is 1.65. The van der Waals surface area contributed by atoms with Crippen molar-refractivity contribution in [3.63, 3.8) is 0 Å². The van der Waals surface area contributed by atoms with E-state index in [0.29, 0.717) is 6.04 Å². The third-order valence-electron chi connectivity index (χ3n) is 3.21. The first-order valence-corrected chi connectivity index (χ1v) is 6.88. The number of hydrogen-bond donors (Lipinski definition) is 1. The van der Waals surface area contributed by atoms with Gasteiger partial charge in [-0.05, 0) is 46.7 Å². The molecule has 1 rings (SSSR count). The van der Waals surface area contributed by atoms with Gasteiger partial charge in [0.05, 0.1) is 0 Å². The van der Waals surface area contributed by atoms with Crippen LogP contribution in [0.25, 0.3) is 0 Å².